The number of ketones is 1. The van der Waals surface area contributed by atoms with Crippen LogP contribution in [0, 0.1) is 5.92 Å². The van der Waals surface area contributed by atoms with Gasteiger partial charge in [-0.15, -0.1) is 0 Å². The minimum absolute atomic E-state index is 0.0588. The Labute approximate surface area is 124 Å². The number of Topliss-reactive ketones (excluding diaryl/α,β-unsaturated/α-hetero) is 1. The summed E-state index contributed by atoms with van der Waals surface area (Å²) >= 11 is 0. The number of hydrogen-bond donors (Lipinski definition) is 0. The zero-order valence-corrected chi connectivity index (χ0v) is 15.3. The van der Waals surface area contributed by atoms with Crippen LogP contribution in [0.1, 0.15) is 54.4 Å². The van der Waals surface area contributed by atoms with E-state index in [-0.39, 0.29) is 22.8 Å². The number of hydrogen-bond acceptors (Lipinski definition) is 3. The lowest BCUT2D eigenvalue weighted by atomic mass is 9.75. The zero-order chi connectivity index (χ0) is 15.6. The van der Waals surface area contributed by atoms with Gasteiger partial charge in [-0.1, -0.05) is 34.6 Å². The first-order valence-electron chi connectivity index (χ1n) is 7.75. The highest BCUT2D eigenvalue weighted by Crippen LogP contribution is 2.54. The van der Waals surface area contributed by atoms with Crippen LogP contribution < -0.4 is 0 Å². The molecule has 2 saturated heterocycles. The van der Waals surface area contributed by atoms with Gasteiger partial charge in [-0.05, 0) is 31.0 Å². The number of carbonyl (C=O) groups excluding carboxylic acids is 1. The van der Waals surface area contributed by atoms with Gasteiger partial charge in [0.1, 0.15) is 5.60 Å². The molecule has 3 nitrogen and oxygen atoms in total. The van der Waals surface area contributed by atoms with E-state index in [2.05, 4.69) is 54.6 Å². The molecule has 0 spiro atoms. The zero-order valence-electron chi connectivity index (χ0n) is 14.3. The second kappa shape index (κ2) is 4.40. The average molecular weight is 298 g/mol. The molecule has 0 N–H and O–H groups in total. The van der Waals surface area contributed by atoms with Gasteiger partial charge in [0.05, 0.1) is 11.7 Å². The van der Waals surface area contributed by atoms with E-state index >= 15 is 0 Å². The van der Waals surface area contributed by atoms with Crippen LogP contribution in [0.2, 0.25) is 18.1 Å². The fourth-order valence-electron chi connectivity index (χ4n) is 3.18. The van der Waals surface area contributed by atoms with Crippen molar-refractivity contribution in [1.29, 1.82) is 0 Å². The monoisotopic (exact) mass is 298 g/mol. The van der Waals surface area contributed by atoms with E-state index in [9.17, 15) is 4.79 Å². The molecule has 0 aromatic rings. The maximum atomic E-state index is 12.3. The number of carbonyl (C=O) groups is 1. The summed E-state index contributed by atoms with van der Waals surface area (Å²) in [7, 11) is -1.84. The molecule has 0 unspecified atom stereocenters. The van der Waals surface area contributed by atoms with Crippen LogP contribution >= 0.6 is 0 Å². The van der Waals surface area contributed by atoms with E-state index in [1.54, 1.807) is 0 Å². The molecular formula is C16H30O3Si. The summed E-state index contributed by atoms with van der Waals surface area (Å²) < 4.78 is 12.8. The lowest BCUT2D eigenvalue weighted by Gasteiger charge is -2.42. The van der Waals surface area contributed by atoms with E-state index in [0.29, 0.717) is 6.42 Å². The van der Waals surface area contributed by atoms with Gasteiger partial charge in [0.15, 0.2) is 14.1 Å². The maximum absolute atomic E-state index is 12.3. The van der Waals surface area contributed by atoms with Crippen LogP contribution in [0.15, 0.2) is 0 Å². The van der Waals surface area contributed by atoms with Gasteiger partial charge < -0.3 is 9.16 Å². The fraction of sp³-hybridized carbons (Fsp3) is 0.938. The fourth-order valence-corrected chi connectivity index (χ4v) is 4.58. The van der Waals surface area contributed by atoms with Gasteiger partial charge >= 0.3 is 0 Å². The van der Waals surface area contributed by atoms with Crippen LogP contribution in [0.3, 0.4) is 0 Å². The first-order valence-corrected chi connectivity index (χ1v) is 10.7. The second-order valence-electron chi connectivity index (χ2n) is 8.63. The molecule has 0 radical (unpaired) electrons. The SMILES string of the molecule is CC(C)[C@]12C[C@@H](O[Si](C)(C)C(C)(C)C)[C@](C)(CC1=O)O2. The Morgan fingerprint density at radius 1 is 1.35 bits per heavy atom. The third kappa shape index (κ3) is 2.20. The third-order valence-electron chi connectivity index (χ3n) is 5.74. The first kappa shape index (κ1) is 16.2. The molecule has 4 heteroatoms. The largest absolute Gasteiger partial charge is 0.411 e. The van der Waals surface area contributed by atoms with E-state index in [4.69, 9.17) is 9.16 Å². The highest BCUT2D eigenvalue weighted by atomic mass is 28.4. The minimum atomic E-state index is -1.84. The van der Waals surface area contributed by atoms with Crippen molar-refractivity contribution in [2.45, 2.75) is 89.8 Å². The van der Waals surface area contributed by atoms with Crippen LogP contribution in [0.25, 0.3) is 0 Å². The van der Waals surface area contributed by atoms with Gasteiger partial charge in [-0.25, -0.2) is 0 Å². The molecular weight excluding hydrogens is 268 g/mol. The molecule has 0 aliphatic carbocycles. The normalized spacial score (nSPS) is 38.0. The molecule has 2 rings (SSSR count). The Hall–Kier alpha value is -0.193. The third-order valence-corrected chi connectivity index (χ3v) is 10.2. The quantitative estimate of drug-likeness (QED) is 0.741. The van der Waals surface area contributed by atoms with Crippen LogP contribution in [0.4, 0.5) is 0 Å². The maximum Gasteiger partial charge on any atom is 0.192 e. The molecule has 2 heterocycles. The summed E-state index contributed by atoms with van der Waals surface area (Å²) in [5.41, 5.74) is -1.02. The van der Waals surface area contributed by atoms with E-state index in [0.717, 1.165) is 6.42 Å². The van der Waals surface area contributed by atoms with Crippen molar-refractivity contribution in [2.24, 2.45) is 5.92 Å². The molecule has 2 aliphatic rings. The molecule has 3 atom stereocenters. The predicted octanol–water partition coefficient (Wildman–Crippen LogP) is 3.92. The van der Waals surface area contributed by atoms with Gasteiger partial charge in [0.25, 0.3) is 0 Å². The summed E-state index contributed by atoms with van der Waals surface area (Å²) in [5.74, 6) is 0.481. The molecule has 2 bridgehead atoms. The van der Waals surface area contributed by atoms with Gasteiger partial charge in [-0.2, -0.15) is 0 Å². The summed E-state index contributed by atoms with van der Waals surface area (Å²) in [4.78, 5) is 12.3. The highest BCUT2D eigenvalue weighted by molar-refractivity contribution is 6.74. The molecule has 0 aromatic heterocycles. The summed E-state index contributed by atoms with van der Waals surface area (Å²) in [6.45, 7) is 17.5. The van der Waals surface area contributed by atoms with Crippen LogP contribution in [-0.4, -0.2) is 31.4 Å². The van der Waals surface area contributed by atoms with Crippen molar-refractivity contribution >= 4 is 14.1 Å². The van der Waals surface area contributed by atoms with Crippen LogP contribution in [0.5, 0.6) is 0 Å². The van der Waals surface area contributed by atoms with Crippen LogP contribution in [-0.2, 0) is 14.0 Å². The smallest absolute Gasteiger partial charge is 0.192 e. The molecule has 20 heavy (non-hydrogen) atoms. The molecule has 0 amide bonds. The van der Waals surface area contributed by atoms with Crippen molar-refractivity contribution in [3.63, 3.8) is 0 Å². The van der Waals surface area contributed by atoms with E-state index in [1.807, 2.05) is 0 Å². The molecule has 2 aliphatic heterocycles. The highest BCUT2D eigenvalue weighted by Gasteiger charge is 2.66. The lowest BCUT2D eigenvalue weighted by Crippen LogP contribution is -2.51. The van der Waals surface area contributed by atoms with Crippen molar-refractivity contribution in [3.8, 4) is 0 Å². The van der Waals surface area contributed by atoms with Gasteiger partial charge in [0.2, 0.25) is 0 Å². The predicted molar refractivity (Wildman–Crippen MR) is 83.4 cm³/mol. The van der Waals surface area contributed by atoms with Crippen molar-refractivity contribution in [2.75, 3.05) is 0 Å². The van der Waals surface area contributed by atoms with Crippen molar-refractivity contribution in [3.05, 3.63) is 0 Å². The Morgan fingerprint density at radius 3 is 2.30 bits per heavy atom. The topological polar surface area (TPSA) is 35.5 Å². The Bertz CT molecular complexity index is 424. The van der Waals surface area contributed by atoms with Gasteiger partial charge in [-0.3, -0.25) is 4.79 Å². The number of rotatable bonds is 3. The second-order valence-corrected chi connectivity index (χ2v) is 13.4. The Kier molecular flexibility index (Phi) is 3.56. The summed E-state index contributed by atoms with van der Waals surface area (Å²) in [6.07, 6.45) is 1.29. The lowest BCUT2D eigenvalue weighted by molar-refractivity contribution is -0.136. The van der Waals surface area contributed by atoms with Crippen molar-refractivity contribution < 1.29 is 14.0 Å². The van der Waals surface area contributed by atoms with E-state index < -0.39 is 19.5 Å². The Balaban J connectivity index is 2.24. The summed E-state index contributed by atoms with van der Waals surface area (Å²) in [6, 6.07) is 0. The number of fused-ring (bicyclic) bond motifs is 2. The van der Waals surface area contributed by atoms with E-state index in [1.165, 1.54) is 0 Å². The minimum Gasteiger partial charge on any atom is -0.411 e. The molecule has 116 valence electrons. The molecule has 0 saturated carbocycles. The van der Waals surface area contributed by atoms with Gasteiger partial charge in [0, 0.05) is 12.8 Å². The molecule has 0 aromatic carbocycles. The standard InChI is InChI=1S/C16H30O3Si/c1-11(2)16-10-13(15(6,19-16)9-12(16)17)18-20(7,8)14(3,4)5/h11,13H,9-10H2,1-8H3/t13-,15+,16-/m1/s1. The first-order chi connectivity index (χ1) is 8.84. The summed E-state index contributed by atoms with van der Waals surface area (Å²) in [5, 5.41) is 0.181. The Morgan fingerprint density at radius 2 is 1.90 bits per heavy atom. The number of ether oxygens (including phenoxy) is 1. The average Bonchev–Trinajstić information content (AvgIpc) is 2.64. The molecule has 2 fully saturated rings. The van der Waals surface area contributed by atoms with Crippen molar-refractivity contribution in [1.82, 2.24) is 0 Å².